The molecule has 4 amide bonds. The molecule has 2 aliphatic rings. The highest BCUT2D eigenvalue weighted by atomic mass is 16.6. The van der Waals surface area contributed by atoms with Crippen LogP contribution in [0.3, 0.4) is 0 Å². The Hall–Kier alpha value is -8.15. The van der Waals surface area contributed by atoms with Gasteiger partial charge in [-0.3, -0.25) is 24.5 Å². The van der Waals surface area contributed by atoms with Crippen LogP contribution in [0.15, 0.2) is 110 Å². The molecule has 0 saturated carbocycles. The maximum atomic E-state index is 13.6. The molecule has 71 heavy (non-hydrogen) atoms. The molecule has 2 saturated heterocycles. The number of benzene rings is 4. The number of anilines is 2. The van der Waals surface area contributed by atoms with Crippen LogP contribution in [-0.4, -0.2) is 120 Å². The summed E-state index contributed by atoms with van der Waals surface area (Å²) in [6.45, 7) is 11.3. The molecule has 2 unspecified atom stereocenters. The number of carbonyl (C=O) groups excluding carboxylic acids is 5. The van der Waals surface area contributed by atoms with E-state index in [1.807, 2.05) is 105 Å². The van der Waals surface area contributed by atoms with Crippen molar-refractivity contribution in [3.63, 3.8) is 0 Å². The van der Waals surface area contributed by atoms with Gasteiger partial charge >= 0.3 is 30.1 Å². The van der Waals surface area contributed by atoms with Crippen molar-refractivity contribution < 1.29 is 47.7 Å². The van der Waals surface area contributed by atoms with Gasteiger partial charge in [-0.15, -0.1) is 0 Å². The minimum Gasteiger partial charge on any atom is -0.497 e. The summed E-state index contributed by atoms with van der Waals surface area (Å²) in [6.07, 6.45) is 6.41. The standard InChI is InChI=1S/C29H34N4O6.C24H26N4O4/c1-19-14-22(10-11-24(19)21-17-30-33(18-21)28(36)39-29(2,3)4)31-12-13-32(27(31)35)25(16-26(34)38-6)20-8-7-9-23(15-20)37-5;1-16-11-19(7-8-21(16)18-14-25-26-15-18)27-9-10-28(24(27)30)22(13-23(29)32-3)17-5-4-6-20(12-17)31-2/h7-11,14-15,17-18,25H,12-13,16H2,1-6H3;4-8,11-12,14-15,22H,9-10,13H2,1-3H3,(H,25,26). The lowest BCUT2D eigenvalue weighted by Crippen LogP contribution is -2.36. The lowest BCUT2D eigenvalue weighted by Gasteiger charge is -2.28. The number of aryl methyl sites for hydroxylation is 2. The van der Waals surface area contributed by atoms with E-state index < -0.39 is 29.7 Å². The summed E-state index contributed by atoms with van der Waals surface area (Å²) in [6, 6.07) is 25.2. The van der Waals surface area contributed by atoms with E-state index in [1.54, 1.807) is 73.2 Å². The van der Waals surface area contributed by atoms with Gasteiger partial charge in [0.2, 0.25) is 0 Å². The number of H-pyrrole nitrogens is 1. The monoisotopic (exact) mass is 968 g/mol. The predicted octanol–water partition coefficient (Wildman–Crippen LogP) is 9.14. The average molecular weight is 969 g/mol. The Morgan fingerprint density at radius 3 is 1.56 bits per heavy atom. The number of aromatic amines is 1. The first-order valence-electron chi connectivity index (χ1n) is 23.1. The number of rotatable bonds is 14. The van der Waals surface area contributed by atoms with Gasteiger partial charge in [0.25, 0.3) is 0 Å². The molecule has 0 aliphatic carbocycles. The largest absolute Gasteiger partial charge is 0.497 e. The third-order valence-corrected chi connectivity index (χ3v) is 12.3. The third-order valence-electron chi connectivity index (χ3n) is 12.3. The van der Waals surface area contributed by atoms with Crippen molar-refractivity contribution in [2.24, 2.45) is 0 Å². The van der Waals surface area contributed by atoms with Crippen LogP contribution >= 0.6 is 0 Å². The highest BCUT2D eigenvalue weighted by Crippen LogP contribution is 2.36. The van der Waals surface area contributed by atoms with E-state index in [9.17, 15) is 24.0 Å². The summed E-state index contributed by atoms with van der Waals surface area (Å²) in [7, 11) is 5.86. The molecule has 18 nitrogen and oxygen atoms in total. The third kappa shape index (κ3) is 11.8. The Morgan fingerprint density at radius 2 is 1.14 bits per heavy atom. The Morgan fingerprint density at radius 1 is 0.648 bits per heavy atom. The summed E-state index contributed by atoms with van der Waals surface area (Å²) in [5.41, 5.74) is 8.24. The van der Waals surface area contributed by atoms with Crippen LogP contribution in [0.5, 0.6) is 11.5 Å². The van der Waals surface area contributed by atoms with Crippen molar-refractivity contribution in [2.45, 2.75) is 65.1 Å². The molecule has 2 aliphatic heterocycles. The van der Waals surface area contributed by atoms with E-state index in [1.165, 1.54) is 18.9 Å². The zero-order chi connectivity index (χ0) is 51.0. The second kappa shape index (κ2) is 22.1. The van der Waals surface area contributed by atoms with Gasteiger partial charge in [0.15, 0.2) is 0 Å². The summed E-state index contributed by atoms with van der Waals surface area (Å²) >= 11 is 0. The molecule has 6 aromatic rings. The van der Waals surface area contributed by atoms with Crippen molar-refractivity contribution in [2.75, 3.05) is 64.4 Å². The quantitative estimate of drug-likeness (QED) is 0.0806. The first-order valence-corrected chi connectivity index (χ1v) is 23.1. The average Bonchev–Trinajstić information content (AvgIpc) is 4.21. The zero-order valence-electron chi connectivity index (χ0n) is 41.5. The number of ether oxygens (including phenoxy) is 5. The number of urea groups is 2. The van der Waals surface area contributed by atoms with Gasteiger partial charge in [0.1, 0.15) is 17.1 Å². The van der Waals surface area contributed by atoms with E-state index in [2.05, 4.69) is 15.3 Å². The normalized spacial score (nSPS) is 14.4. The number of esters is 2. The van der Waals surface area contributed by atoms with Gasteiger partial charge < -0.3 is 33.5 Å². The van der Waals surface area contributed by atoms with E-state index in [0.717, 1.165) is 55.9 Å². The van der Waals surface area contributed by atoms with Gasteiger partial charge in [-0.1, -0.05) is 36.4 Å². The number of amides is 4. The number of nitrogens with one attached hydrogen (secondary N) is 1. The molecule has 372 valence electrons. The molecule has 4 aromatic carbocycles. The topological polar surface area (TPSA) is 191 Å². The molecular formula is C53H60N8O10. The molecule has 1 N–H and O–H groups in total. The summed E-state index contributed by atoms with van der Waals surface area (Å²) in [4.78, 5) is 70.7. The highest BCUT2D eigenvalue weighted by molar-refractivity contribution is 5.96. The van der Waals surface area contributed by atoms with Crippen LogP contribution in [0.2, 0.25) is 0 Å². The number of hydrogen-bond donors (Lipinski definition) is 1. The molecule has 18 heteroatoms. The number of carbonyl (C=O) groups is 5. The smallest absolute Gasteiger partial charge is 0.435 e. The lowest BCUT2D eigenvalue weighted by atomic mass is 10.0. The molecule has 2 aromatic heterocycles. The van der Waals surface area contributed by atoms with Crippen LogP contribution < -0.4 is 19.3 Å². The maximum Gasteiger partial charge on any atom is 0.435 e. The Kier molecular flexibility index (Phi) is 15.8. The first kappa shape index (κ1) is 50.7. The number of hydrogen-bond acceptors (Lipinski definition) is 12. The minimum atomic E-state index is -0.626. The van der Waals surface area contributed by atoms with Crippen LogP contribution in [-0.2, 0) is 23.8 Å². The predicted molar refractivity (Wildman–Crippen MR) is 266 cm³/mol. The summed E-state index contributed by atoms with van der Waals surface area (Å²) in [5.74, 6) is 0.545. The van der Waals surface area contributed by atoms with Crippen molar-refractivity contribution in [1.82, 2.24) is 29.8 Å². The van der Waals surface area contributed by atoms with E-state index >= 15 is 0 Å². The van der Waals surface area contributed by atoms with E-state index in [0.29, 0.717) is 37.7 Å². The van der Waals surface area contributed by atoms with Gasteiger partial charge in [0.05, 0.1) is 65.8 Å². The zero-order valence-corrected chi connectivity index (χ0v) is 41.5. The Bertz CT molecular complexity index is 2870. The lowest BCUT2D eigenvalue weighted by molar-refractivity contribution is -0.142. The SMILES string of the molecule is COC(=O)CC(c1cccc(OC)c1)N1CCN(c2ccc(-c3cn[nH]c3)c(C)c2)C1=O.COC(=O)CC(c1cccc(OC)c1)N1CCN(c2ccc(-c3cnn(C(=O)OC(C)(C)C)c3)c(C)c2)C1=O. The molecule has 2 atom stereocenters. The molecular weight excluding hydrogens is 909 g/mol. The van der Waals surface area contributed by atoms with Gasteiger partial charge in [0, 0.05) is 61.1 Å². The van der Waals surface area contributed by atoms with E-state index in [4.69, 9.17) is 23.7 Å². The van der Waals surface area contributed by atoms with Gasteiger partial charge in [-0.05, 0) is 117 Å². The molecule has 2 fully saturated rings. The van der Waals surface area contributed by atoms with Crippen LogP contribution in [0.25, 0.3) is 22.3 Å². The molecule has 0 bridgehead atoms. The van der Waals surface area contributed by atoms with Gasteiger partial charge in [-0.2, -0.15) is 14.9 Å². The van der Waals surface area contributed by atoms with Crippen molar-refractivity contribution in [1.29, 1.82) is 0 Å². The van der Waals surface area contributed by atoms with Crippen molar-refractivity contribution in [3.8, 4) is 33.8 Å². The maximum absolute atomic E-state index is 13.6. The van der Waals surface area contributed by atoms with E-state index in [-0.39, 0.29) is 30.9 Å². The Labute approximate surface area is 413 Å². The molecule has 8 rings (SSSR count). The minimum absolute atomic E-state index is 0.0306. The first-order chi connectivity index (χ1) is 34.0. The highest BCUT2D eigenvalue weighted by Gasteiger charge is 2.38. The second-order valence-corrected chi connectivity index (χ2v) is 18.0. The molecule has 4 heterocycles. The Balaban J connectivity index is 0.000000213. The van der Waals surface area contributed by atoms with Crippen LogP contribution in [0.4, 0.5) is 25.8 Å². The second-order valence-electron chi connectivity index (χ2n) is 18.0. The molecule has 0 radical (unpaired) electrons. The summed E-state index contributed by atoms with van der Waals surface area (Å²) in [5, 5.41) is 11.0. The fraction of sp³-hybridized carbons (Fsp3) is 0.340. The fourth-order valence-electron chi connectivity index (χ4n) is 8.71. The molecule has 0 spiro atoms. The number of nitrogens with zero attached hydrogens (tertiary/aromatic N) is 7. The van der Waals surface area contributed by atoms with Crippen molar-refractivity contribution >= 4 is 41.5 Å². The fourth-order valence-corrected chi connectivity index (χ4v) is 8.71. The van der Waals surface area contributed by atoms with Crippen LogP contribution in [0, 0.1) is 13.8 Å². The number of methoxy groups -OCH3 is 4. The summed E-state index contributed by atoms with van der Waals surface area (Å²) < 4.78 is 27.1. The van der Waals surface area contributed by atoms with Crippen LogP contribution in [0.1, 0.15) is 68.0 Å². The number of aromatic nitrogens is 4. The van der Waals surface area contributed by atoms with Gasteiger partial charge in [-0.25, -0.2) is 14.4 Å². The van der Waals surface area contributed by atoms with Crippen molar-refractivity contribution in [3.05, 3.63) is 132 Å².